The van der Waals surface area contributed by atoms with E-state index in [1.54, 1.807) is 52.1 Å². The number of nitrogens with zero attached hydrogens (tertiary/aromatic N) is 2. The molecule has 0 fully saturated rings. The van der Waals surface area contributed by atoms with Gasteiger partial charge in [-0.2, -0.15) is 5.26 Å². The summed E-state index contributed by atoms with van der Waals surface area (Å²) in [5, 5.41) is 15.3. The van der Waals surface area contributed by atoms with E-state index in [-0.39, 0.29) is 12.5 Å². The lowest BCUT2D eigenvalue weighted by Crippen LogP contribution is -2.54. The third kappa shape index (κ3) is 8.74. The minimum Gasteiger partial charge on any atom is -0.497 e. The van der Waals surface area contributed by atoms with Crippen LogP contribution in [0.25, 0.3) is 0 Å². The Kier molecular flexibility index (Phi) is 10.9. The first-order valence-electron chi connectivity index (χ1n) is 13.0. The standard InChI is InChI=1S/C30H40N4O5/c1-9-20(3)25(33-29(37)39-30(5,6)7)28(36)34(17-16-31)26(24-18-19(2)10-11-21(24)4)27(35)32-22-12-14-23(38-8)15-13-22/h10-15,18,20,25-26H,9,17H2,1-8H3,(H,32,35)(H,33,37). The van der Waals surface area contributed by atoms with Crippen LogP contribution < -0.4 is 15.4 Å². The SMILES string of the molecule is CCC(C)C(NC(=O)OC(C)(C)C)C(=O)N(CC#N)C(C(=O)Nc1ccc(OC)cc1)c1cc(C)ccc1C. The summed E-state index contributed by atoms with van der Waals surface area (Å²) in [4.78, 5) is 41.9. The molecule has 210 valence electrons. The molecule has 39 heavy (non-hydrogen) atoms. The largest absolute Gasteiger partial charge is 0.497 e. The number of benzene rings is 2. The topological polar surface area (TPSA) is 121 Å². The van der Waals surface area contributed by atoms with Gasteiger partial charge in [0.2, 0.25) is 5.91 Å². The number of methoxy groups -OCH3 is 1. The third-order valence-corrected chi connectivity index (χ3v) is 6.32. The fraction of sp³-hybridized carbons (Fsp3) is 0.467. The number of nitrogens with one attached hydrogen (secondary N) is 2. The molecule has 0 aliphatic carbocycles. The first kappa shape index (κ1) is 31.2. The Balaban J connectivity index is 2.57. The highest BCUT2D eigenvalue weighted by atomic mass is 16.6. The lowest BCUT2D eigenvalue weighted by atomic mass is 9.93. The summed E-state index contributed by atoms with van der Waals surface area (Å²) in [5.74, 6) is -0.703. The number of aryl methyl sites for hydroxylation is 2. The van der Waals surface area contributed by atoms with Gasteiger partial charge in [0.25, 0.3) is 5.91 Å². The van der Waals surface area contributed by atoms with Gasteiger partial charge in [0, 0.05) is 5.69 Å². The number of nitriles is 1. The smallest absolute Gasteiger partial charge is 0.408 e. The molecule has 0 aliphatic rings. The van der Waals surface area contributed by atoms with Crippen molar-refractivity contribution in [2.24, 2.45) is 5.92 Å². The summed E-state index contributed by atoms with van der Waals surface area (Å²) in [6.07, 6.45) is -0.178. The molecule has 9 nitrogen and oxygen atoms in total. The fourth-order valence-electron chi connectivity index (χ4n) is 4.06. The van der Waals surface area contributed by atoms with Crippen LogP contribution in [0.15, 0.2) is 42.5 Å². The highest BCUT2D eigenvalue weighted by molar-refractivity contribution is 5.99. The van der Waals surface area contributed by atoms with Crippen LogP contribution in [0.3, 0.4) is 0 Å². The molecular formula is C30H40N4O5. The van der Waals surface area contributed by atoms with Gasteiger partial charge in [-0.3, -0.25) is 9.59 Å². The van der Waals surface area contributed by atoms with E-state index >= 15 is 0 Å². The number of anilines is 1. The van der Waals surface area contributed by atoms with Gasteiger partial charge >= 0.3 is 6.09 Å². The van der Waals surface area contributed by atoms with Crippen LogP contribution in [0.2, 0.25) is 0 Å². The molecule has 0 heterocycles. The number of hydrogen-bond acceptors (Lipinski definition) is 6. The van der Waals surface area contributed by atoms with Crippen LogP contribution in [-0.2, 0) is 14.3 Å². The molecule has 0 aromatic heterocycles. The molecule has 2 N–H and O–H groups in total. The molecule has 0 saturated carbocycles. The van der Waals surface area contributed by atoms with Gasteiger partial charge in [-0.1, -0.05) is 44.0 Å². The van der Waals surface area contributed by atoms with E-state index in [9.17, 15) is 19.6 Å². The third-order valence-electron chi connectivity index (χ3n) is 6.32. The van der Waals surface area contributed by atoms with Crippen molar-refractivity contribution in [2.75, 3.05) is 19.0 Å². The van der Waals surface area contributed by atoms with Crippen molar-refractivity contribution >= 4 is 23.6 Å². The van der Waals surface area contributed by atoms with Crippen LogP contribution >= 0.6 is 0 Å². The average Bonchev–Trinajstić information content (AvgIpc) is 2.87. The Labute approximate surface area is 231 Å². The van der Waals surface area contributed by atoms with E-state index in [0.717, 1.165) is 11.1 Å². The van der Waals surface area contributed by atoms with Gasteiger partial charge in [-0.05, 0) is 75.9 Å². The zero-order chi connectivity index (χ0) is 29.3. The molecule has 3 unspecified atom stereocenters. The van der Waals surface area contributed by atoms with Gasteiger partial charge in [0.15, 0.2) is 0 Å². The summed E-state index contributed by atoms with van der Waals surface area (Å²) >= 11 is 0. The normalized spacial score (nSPS) is 13.3. The molecular weight excluding hydrogens is 496 g/mol. The molecule has 0 spiro atoms. The molecule has 3 atom stereocenters. The van der Waals surface area contributed by atoms with E-state index in [4.69, 9.17) is 9.47 Å². The summed E-state index contributed by atoms with van der Waals surface area (Å²) in [5.41, 5.74) is 2.01. The van der Waals surface area contributed by atoms with E-state index < -0.39 is 35.6 Å². The predicted molar refractivity (Wildman–Crippen MR) is 150 cm³/mol. The molecule has 3 amide bonds. The number of carbonyl (C=O) groups excluding carboxylic acids is 3. The maximum Gasteiger partial charge on any atom is 0.408 e. The first-order valence-corrected chi connectivity index (χ1v) is 13.0. The number of rotatable bonds is 10. The van der Waals surface area contributed by atoms with Gasteiger partial charge in [-0.25, -0.2) is 4.79 Å². The monoisotopic (exact) mass is 536 g/mol. The van der Waals surface area contributed by atoms with Gasteiger partial charge in [0.1, 0.15) is 30.0 Å². The molecule has 2 rings (SSSR count). The lowest BCUT2D eigenvalue weighted by molar-refractivity contribution is -0.141. The van der Waals surface area contributed by atoms with Crippen molar-refractivity contribution in [2.45, 2.75) is 72.6 Å². The van der Waals surface area contributed by atoms with Crippen LogP contribution in [0.4, 0.5) is 10.5 Å². The maximum atomic E-state index is 14.1. The van der Waals surface area contributed by atoms with Crippen LogP contribution in [-0.4, -0.2) is 48.1 Å². The van der Waals surface area contributed by atoms with Gasteiger partial charge in [0.05, 0.1) is 13.2 Å². The van der Waals surface area contributed by atoms with E-state index in [2.05, 4.69) is 10.6 Å². The average molecular weight is 537 g/mol. The van der Waals surface area contributed by atoms with Crippen molar-refractivity contribution < 1.29 is 23.9 Å². The number of amides is 3. The number of alkyl carbamates (subject to hydrolysis) is 1. The molecule has 0 aliphatic heterocycles. The van der Waals surface area contributed by atoms with Crippen molar-refractivity contribution in [3.8, 4) is 11.8 Å². The predicted octanol–water partition coefficient (Wildman–Crippen LogP) is 5.28. The Hall–Kier alpha value is -4.06. The van der Waals surface area contributed by atoms with Crippen molar-refractivity contribution in [3.63, 3.8) is 0 Å². The van der Waals surface area contributed by atoms with Crippen LogP contribution in [0.5, 0.6) is 5.75 Å². The van der Waals surface area contributed by atoms with Crippen molar-refractivity contribution in [1.29, 1.82) is 5.26 Å². The number of ether oxygens (including phenoxy) is 2. The molecule has 2 aromatic rings. The lowest BCUT2D eigenvalue weighted by Gasteiger charge is -2.35. The van der Waals surface area contributed by atoms with E-state index in [0.29, 0.717) is 23.4 Å². The molecule has 9 heteroatoms. The van der Waals surface area contributed by atoms with Crippen LogP contribution in [0, 0.1) is 31.1 Å². The molecule has 0 radical (unpaired) electrons. The van der Waals surface area contributed by atoms with E-state index in [1.165, 1.54) is 4.90 Å². The minimum atomic E-state index is -1.13. The maximum absolute atomic E-state index is 14.1. The first-order chi connectivity index (χ1) is 18.3. The number of hydrogen-bond donors (Lipinski definition) is 2. The zero-order valence-electron chi connectivity index (χ0n) is 24.1. The fourth-order valence-corrected chi connectivity index (χ4v) is 4.06. The summed E-state index contributed by atoms with van der Waals surface area (Å²) in [6.45, 7) is 12.3. The van der Waals surface area contributed by atoms with Crippen molar-refractivity contribution in [1.82, 2.24) is 10.2 Å². The summed E-state index contributed by atoms with van der Waals surface area (Å²) < 4.78 is 10.6. The highest BCUT2D eigenvalue weighted by Gasteiger charge is 2.38. The molecule has 2 aromatic carbocycles. The highest BCUT2D eigenvalue weighted by Crippen LogP contribution is 2.29. The second-order valence-corrected chi connectivity index (χ2v) is 10.6. The van der Waals surface area contributed by atoms with Gasteiger partial charge < -0.3 is 25.0 Å². The van der Waals surface area contributed by atoms with Crippen LogP contribution in [0.1, 0.15) is 63.8 Å². The Bertz CT molecular complexity index is 1200. The molecule has 0 bridgehead atoms. The van der Waals surface area contributed by atoms with E-state index in [1.807, 2.05) is 52.0 Å². The Morgan fingerprint density at radius 2 is 1.72 bits per heavy atom. The Morgan fingerprint density at radius 1 is 1.08 bits per heavy atom. The minimum absolute atomic E-state index is 0.296. The molecule has 0 saturated heterocycles. The summed E-state index contributed by atoms with van der Waals surface area (Å²) in [6, 6.07) is 12.3. The Morgan fingerprint density at radius 3 is 2.26 bits per heavy atom. The quantitative estimate of drug-likeness (QED) is 0.399. The second kappa shape index (κ2) is 13.7. The zero-order valence-corrected chi connectivity index (χ0v) is 24.1. The summed E-state index contributed by atoms with van der Waals surface area (Å²) in [7, 11) is 1.55. The van der Waals surface area contributed by atoms with Crippen molar-refractivity contribution in [3.05, 3.63) is 59.2 Å². The second-order valence-electron chi connectivity index (χ2n) is 10.6. The number of carbonyl (C=O) groups is 3. The van der Waals surface area contributed by atoms with Gasteiger partial charge in [-0.15, -0.1) is 0 Å².